The molecular formula is C14H24ClN3O. The molecule has 1 unspecified atom stereocenters. The molecule has 0 saturated heterocycles. The van der Waals surface area contributed by atoms with E-state index in [-0.39, 0.29) is 16.6 Å². The minimum Gasteiger partial charge on any atom is -0.360 e. The number of hydrogen-bond acceptors (Lipinski definition) is 3. The Kier molecular flexibility index (Phi) is 5.02. The SMILES string of the molecule is CCC(C)(CCCl)Nc1nccn(C(C)(C)C)c1=O. The zero-order valence-electron chi connectivity index (χ0n) is 12.5. The molecule has 108 valence electrons. The standard InChI is InChI=1S/C14H24ClN3O/c1-6-14(5,7-8-15)17-11-12(19)18(10-9-16-11)13(2,3)4/h9-10H,6-8H2,1-5H3,(H,16,17). The molecule has 1 atom stereocenters. The number of halogens is 1. The van der Waals surface area contributed by atoms with E-state index in [1.165, 1.54) is 0 Å². The molecule has 4 nitrogen and oxygen atoms in total. The lowest BCUT2D eigenvalue weighted by molar-refractivity contribution is 0.381. The van der Waals surface area contributed by atoms with E-state index in [2.05, 4.69) is 24.1 Å². The van der Waals surface area contributed by atoms with Crippen LogP contribution in [0, 0.1) is 0 Å². The van der Waals surface area contributed by atoms with E-state index >= 15 is 0 Å². The fraction of sp³-hybridized carbons (Fsp3) is 0.714. The van der Waals surface area contributed by atoms with Gasteiger partial charge in [0.15, 0.2) is 5.82 Å². The van der Waals surface area contributed by atoms with Gasteiger partial charge in [-0.2, -0.15) is 0 Å². The molecule has 0 aliphatic heterocycles. The van der Waals surface area contributed by atoms with Gasteiger partial charge in [-0.05, 0) is 40.5 Å². The maximum atomic E-state index is 12.4. The average molecular weight is 286 g/mol. The van der Waals surface area contributed by atoms with Crippen molar-refractivity contribution in [2.24, 2.45) is 0 Å². The maximum Gasteiger partial charge on any atom is 0.293 e. The highest BCUT2D eigenvalue weighted by atomic mass is 35.5. The lowest BCUT2D eigenvalue weighted by Gasteiger charge is -2.30. The summed E-state index contributed by atoms with van der Waals surface area (Å²) in [6, 6.07) is 0. The molecule has 0 aromatic carbocycles. The van der Waals surface area contributed by atoms with Gasteiger partial charge in [0, 0.05) is 29.4 Å². The Hall–Kier alpha value is -1.03. The molecule has 0 spiro atoms. The fourth-order valence-corrected chi connectivity index (χ4v) is 2.26. The minimum absolute atomic E-state index is 0.0933. The van der Waals surface area contributed by atoms with Crippen LogP contribution < -0.4 is 10.9 Å². The molecule has 0 bridgehead atoms. The van der Waals surface area contributed by atoms with Crippen LogP contribution in [0.15, 0.2) is 17.2 Å². The van der Waals surface area contributed by atoms with Gasteiger partial charge in [-0.3, -0.25) is 4.79 Å². The number of alkyl halides is 1. The first-order valence-corrected chi connectivity index (χ1v) is 7.19. The molecular weight excluding hydrogens is 262 g/mol. The van der Waals surface area contributed by atoms with Crippen LogP contribution in [0.2, 0.25) is 0 Å². The maximum absolute atomic E-state index is 12.4. The molecule has 5 heteroatoms. The quantitative estimate of drug-likeness (QED) is 0.845. The van der Waals surface area contributed by atoms with E-state index < -0.39 is 0 Å². The van der Waals surface area contributed by atoms with Gasteiger partial charge in [-0.15, -0.1) is 11.6 Å². The summed E-state index contributed by atoms with van der Waals surface area (Å²) in [7, 11) is 0. The van der Waals surface area contributed by atoms with Crippen LogP contribution in [0.3, 0.4) is 0 Å². The van der Waals surface area contributed by atoms with Crippen molar-refractivity contribution < 1.29 is 0 Å². The van der Waals surface area contributed by atoms with Crippen LogP contribution in [-0.4, -0.2) is 21.0 Å². The van der Waals surface area contributed by atoms with Gasteiger partial charge >= 0.3 is 0 Å². The lowest BCUT2D eigenvalue weighted by Crippen LogP contribution is -2.41. The number of nitrogens with zero attached hydrogens (tertiary/aromatic N) is 2. The predicted molar refractivity (Wildman–Crippen MR) is 81.1 cm³/mol. The molecule has 0 aliphatic carbocycles. The normalized spacial score (nSPS) is 15.1. The summed E-state index contributed by atoms with van der Waals surface area (Å²) in [6.45, 7) is 10.1. The number of anilines is 1. The molecule has 0 aliphatic rings. The van der Waals surface area contributed by atoms with Gasteiger partial charge in [0.25, 0.3) is 5.56 Å². The Balaban J connectivity index is 3.13. The van der Waals surface area contributed by atoms with E-state index in [1.54, 1.807) is 17.0 Å². The Labute approximate surface area is 120 Å². The molecule has 0 fully saturated rings. The summed E-state index contributed by atoms with van der Waals surface area (Å²) in [5, 5.41) is 3.26. The fourth-order valence-electron chi connectivity index (χ4n) is 1.85. The van der Waals surface area contributed by atoms with Crippen molar-refractivity contribution in [3.8, 4) is 0 Å². The molecule has 1 aromatic rings. The zero-order chi connectivity index (χ0) is 14.7. The Bertz CT molecular complexity index is 478. The van der Waals surface area contributed by atoms with E-state index in [4.69, 9.17) is 11.6 Å². The largest absolute Gasteiger partial charge is 0.360 e. The third-order valence-corrected chi connectivity index (χ3v) is 3.60. The van der Waals surface area contributed by atoms with Crippen molar-refractivity contribution in [2.45, 2.75) is 58.5 Å². The smallest absolute Gasteiger partial charge is 0.293 e. The number of rotatable bonds is 5. The molecule has 0 saturated carbocycles. The molecule has 1 rings (SSSR count). The van der Waals surface area contributed by atoms with Gasteiger partial charge in [0.2, 0.25) is 0 Å². The van der Waals surface area contributed by atoms with E-state index in [9.17, 15) is 4.79 Å². The van der Waals surface area contributed by atoms with Crippen LogP contribution in [-0.2, 0) is 5.54 Å². The van der Waals surface area contributed by atoms with Crippen LogP contribution >= 0.6 is 11.6 Å². The first-order chi connectivity index (χ1) is 8.73. The summed E-state index contributed by atoms with van der Waals surface area (Å²) in [5.74, 6) is 0.948. The second-order valence-corrected chi connectivity index (χ2v) is 6.48. The van der Waals surface area contributed by atoms with Crippen LogP contribution in [0.5, 0.6) is 0 Å². The first kappa shape index (κ1) is 16.0. The van der Waals surface area contributed by atoms with E-state index in [0.717, 1.165) is 12.8 Å². The average Bonchev–Trinajstić information content (AvgIpc) is 2.31. The molecule has 1 aromatic heterocycles. The summed E-state index contributed by atoms with van der Waals surface area (Å²) >= 11 is 5.83. The van der Waals surface area contributed by atoms with Gasteiger partial charge in [0.05, 0.1) is 0 Å². The van der Waals surface area contributed by atoms with Crippen molar-refractivity contribution in [1.29, 1.82) is 0 Å². The van der Waals surface area contributed by atoms with Crippen molar-refractivity contribution in [2.75, 3.05) is 11.2 Å². The van der Waals surface area contributed by atoms with Crippen molar-refractivity contribution in [1.82, 2.24) is 9.55 Å². The third-order valence-electron chi connectivity index (χ3n) is 3.41. The molecule has 19 heavy (non-hydrogen) atoms. The number of nitrogens with one attached hydrogen (secondary N) is 1. The minimum atomic E-state index is -0.258. The summed E-state index contributed by atoms with van der Waals surface area (Å²) in [5.41, 5.74) is -0.555. The van der Waals surface area contributed by atoms with E-state index in [0.29, 0.717) is 11.7 Å². The van der Waals surface area contributed by atoms with E-state index in [1.807, 2.05) is 20.8 Å². The Morgan fingerprint density at radius 2 is 2.00 bits per heavy atom. The van der Waals surface area contributed by atoms with Gasteiger partial charge in [-0.1, -0.05) is 6.92 Å². The molecule has 1 heterocycles. The lowest BCUT2D eigenvalue weighted by atomic mass is 9.95. The second-order valence-electron chi connectivity index (χ2n) is 6.10. The zero-order valence-corrected chi connectivity index (χ0v) is 13.2. The predicted octanol–water partition coefficient (Wildman–Crippen LogP) is 3.21. The van der Waals surface area contributed by atoms with Gasteiger partial charge in [-0.25, -0.2) is 4.98 Å². The molecule has 0 amide bonds. The Morgan fingerprint density at radius 3 is 2.47 bits per heavy atom. The van der Waals surface area contributed by atoms with Crippen molar-refractivity contribution in [3.05, 3.63) is 22.7 Å². The second kappa shape index (κ2) is 5.95. The summed E-state index contributed by atoms with van der Waals surface area (Å²) < 4.78 is 1.69. The summed E-state index contributed by atoms with van der Waals surface area (Å²) in [6.07, 6.45) is 5.05. The van der Waals surface area contributed by atoms with Gasteiger partial charge in [0.1, 0.15) is 0 Å². The van der Waals surface area contributed by atoms with Crippen LogP contribution in [0.4, 0.5) is 5.82 Å². The van der Waals surface area contributed by atoms with Crippen LogP contribution in [0.1, 0.15) is 47.5 Å². The van der Waals surface area contributed by atoms with Crippen molar-refractivity contribution >= 4 is 17.4 Å². The highest BCUT2D eigenvalue weighted by molar-refractivity contribution is 6.17. The number of aromatic nitrogens is 2. The van der Waals surface area contributed by atoms with Crippen LogP contribution in [0.25, 0.3) is 0 Å². The topological polar surface area (TPSA) is 46.9 Å². The summed E-state index contributed by atoms with van der Waals surface area (Å²) in [4.78, 5) is 16.6. The highest BCUT2D eigenvalue weighted by Gasteiger charge is 2.24. The highest BCUT2D eigenvalue weighted by Crippen LogP contribution is 2.20. The molecule has 1 N–H and O–H groups in total. The Morgan fingerprint density at radius 1 is 1.37 bits per heavy atom. The third kappa shape index (κ3) is 3.96. The van der Waals surface area contributed by atoms with Gasteiger partial charge < -0.3 is 9.88 Å². The van der Waals surface area contributed by atoms with Crippen molar-refractivity contribution in [3.63, 3.8) is 0 Å². The molecule has 0 radical (unpaired) electrons. The monoisotopic (exact) mass is 285 g/mol. The first-order valence-electron chi connectivity index (χ1n) is 6.66. The number of hydrogen-bond donors (Lipinski definition) is 1.